The van der Waals surface area contributed by atoms with Crippen molar-refractivity contribution in [2.45, 2.75) is 34.1 Å². The van der Waals surface area contributed by atoms with Gasteiger partial charge in [-0.3, -0.25) is 4.79 Å². The Morgan fingerprint density at radius 1 is 1.44 bits per heavy atom. The first-order valence-electron chi connectivity index (χ1n) is 5.71. The van der Waals surface area contributed by atoms with Gasteiger partial charge in [0.15, 0.2) is 0 Å². The van der Waals surface area contributed by atoms with Crippen molar-refractivity contribution in [3.8, 4) is 0 Å². The summed E-state index contributed by atoms with van der Waals surface area (Å²) in [6, 6.07) is 0. The van der Waals surface area contributed by atoms with E-state index >= 15 is 0 Å². The second-order valence-electron chi connectivity index (χ2n) is 5.77. The Balaban J connectivity index is 2.92. The van der Waals surface area contributed by atoms with Crippen molar-refractivity contribution in [3.63, 3.8) is 0 Å². The lowest BCUT2D eigenvalue weighted by molar-refractivity contribution is -0.128. The molecule has 0 bridgehead atoms. The maximum Gasteiger partial charge on any atom is 0.149 e. The molecule has 0 fully saturated rings. The van der Waals surface area contributed by atoms with Crippen LogP contribution < -0.4 is 0 Å². The van der Waals surface area contributed by atoms with Gasteiger partial charge in [0.1, 0.15) is 5.78 Å². The van der Waals surface area contributed by atoms with Gasteiger partial charge in [-0.25, -0.2) is 0 Å². The van der Waals surface area contributed by atoms with Gasteiger partial charge in [-0.2, -0.15) is 0 Å². The number of carbonyl (C=O) groups excluding carboxylic acids is 1. The van der Waals surface area contributed by atoms with Crippen LogP contribution in [0.1, 0.15) is 34.1 Å². The molecule has 0 aromatic rings. The van der Waals surface area contributed by atoms with E-state index in [9.17, 15) is 4.79 Å². The SMILES string of the molecule is COCC1(C(=O)CC(C)(C)C)C=CC=C1C. The van der Waals surface area contributed by atoms with Crippen molar-refractivity contribution in [1.29, 1.82) is 0 Å². The molecule has 1 unspecified atom stereocenters. The third-order valence-electron chi connectivity index (χ3n) is 2.99. The number of allylic oxidation sites excluding steroid dienone is 2. The van der Waals surface area contributed by atoms with E-state index in [1.54, 1.807) is 7.11 Å². The number of hydrogen-bond donors (Lipinski definition) is 0. The molecule has 0 saturated carbocycles. The highest BCUT2D eigenvalue weighted by Gasteiger charge is 2.40. The fourth-order valence-electron chi connectivity index (χ4n) is 2.06. The molecule has 1 rings (SSSR count). The third kappa shape index (κ3) is 2.62. The zero-order chi connectivity index (χ0) is 12.4. The summed E-state index contributed by atoms with van der Waals surface area (Å²) in [6.45, 7) is 8.70. The van der Waals surface area contributed by atoms with E-state index < -0.39 is 5.41 Å². The minimum atomic E-state index is -0.512. The Labute approximate surface area is 98.4 Å². The highest BCUT2D eigenvalue weighted by molar-refractivity contribution is 5.91. The quantitative estimate of drug-likeness (QED) is 0.730. The van der Waals surface area contributed by atoms with Gasteiger partial charge in [-0.15, -0.1) is 0 Å². The Kier molecular flexibility index (Phi) is 3.74. The summed E-state index contributed by atoms with van der Waals surface area (Å²) in [5.74, 6) is 0.254. The van der Waals surface area contributed by atoms with E-state index in [-0.39, 0.29) is 11.2 Å². The predicted octanol–water partition coefficient (Wildman–Crippen LogP) is 3.14. The lowest BCUT2D eigenvalue weighted by Crippen LogP contribution is -2.36. The largest absolute Gasteiger partial charge is 0.383 e. The molecule has 2 heteroatoms. The molecule has 0 aromatic carbocycles. The third-order valence-corrected chi connectivity index (χ3v) is 2.99. The van der Waals surface area contributed by atoms with Crippen LogP contribution in [0.4, 0.5) is 0 Å². The monoisotopic (exact) mass is 222 g/mol. The van der Waals surface area contributed by atoms with Gasteiger partial charge in [0.05, 0.1) is 12.0 Å². The van der Waals surface area contributed by atoms with Crippen molar-refractivity contribution in [2.75, 3.05) is 13.7 Å². The van der Waals surface area contributed by atoms with Crippen LogP contribution in [-0.4, -0.2) is 19.5 Å². The van der Waals surface area contributed by atoms with Crippen LogP contribution in [0, 0.1) is 10.8 Å². The lowest BCUT2D eigenvalue weighted by Gasteiger charge is -2.30. The number of methoxy groups -OCH3 is 1. The minimum absolute atomic E-state index is 0.0224. The summed E-state index contributed by atoms with van der Waals surface area (Å²) in [5.41, 5.74) is 0.597. The smallest absolute Gasteiger partial charge is 0.149 e. The molecular formula is C14H22O2. The molecule has 1 aliphatic rings. The van der Waals surface area contributed by atoms with Crippen molar-refractivity contribution in [2.24, 2.45) is 10.8 Å². The van der Waals surface area contributed by atoms with Crippen LogP contribution in [0.15, 0.2) is 23.8 Å². The standard InChI is InChI=1S/C14H22O2/c1-11-7-6-8-14(11,10-16-5)12(15)9-13(2,3)4/h6-8H,9-10H2,1-5H3. The Morgan fingerprint density at radius 3 is 2.44 bits per heavy atom. The molecule has 16 heavy (non-hydrogen) atoms. The maximum absolute atomic E-state index is 12.4. The van der Waals surface area contributed by atoms with Crippen molar-refractivity contribution >= 4 is 5.78 Å². The molecule has 0 aromatic heterocycles. The van der Waals surface area contributed by atoms with E-state index in [4.69, 9.17) is 4.74 Å². The number of hydrogen-bond acceptors (Lipinski definition) is 2. The summed E-state index contributed by atoms with van der Waals surface area (Å²) >= 11 is 0. The van der Waals surface area contributed by atoms with Gasteiger partial charge in [0.2, 0.25) is 0 Å². The molecule has 0 saturated heterocycles. The zero-order valence-corrected chi connectivity index (χ0v) is 11.0. The van der Waals surface area contributed by atoms with Crippen LogP contribution in [0.2, 0.25) is 0 Å². The molecule has 0 heterocycles. The topological polar surface area (TPSA) is 26.3 Å². The molecule has 0 aliphatic heterocycles. The molecule has 1 aliphatic carbocycles. The second-order valence-corrected chi connectivity index (χ2v) is 5.77. The second kappa shape index (κ2) is 4.54. The fourth-order valence-corrected chi connectivity index (χ4v) is 2.06. The van der Waals surface area contributed by atoms with Gasteiger partial charge >= 0.3 is 0 Å². The molecule has 2 nitrogen and oxygen atoms in total. The summed E-state index contributed by atoms with van der Waals surface area (Å²) in [5, 5.41) is 0. The Morgan fingerprint density at radius 2 is 2.06 bits per heavy atom. The summed E-state index contributed by atoms with van der Waals surface area (Å²) in [6.07, 6.45) is 6.50. The van der Waals surface area contributed by atoms with Crippen LogP contribution in [-0.2, 0) is 9.53 Å². The molecule has 90 valence electrons. The Bertz CT molecular complexity index is 331. The van der Waals surface area contributed by atoms with Crippen molar-refractivity contribution < 1.29 is 9.53 Å². The number of ketones is 1. The normalized spacial score (nSPS) is 24.7. The van der Waals surface area contributed by atoms with Gasteiger partial charge in [-0.05, 0) is 12.3 Å². The Hall–Kier alpha value is -0.890. The van der Waals surface area contributed by atoms with Crippen LogP contribution >= 0.6 is 0 Å². The molecule has 1 atom stereocenters. The molecular weight excluding hydrogens is 200 g/mol. The van der Waals surface area contributed by atoms with Crippen LogP contribution in [0.5, 0.6) is 0 Å². The van der Waals surface area contributed by atoms with Crippen molar-refractivity contribution in [1.82, 2.24) is 0 Å². The van der Waals surface area contributed by atoms with Gasteiger partial charge in [0.25, 0.3) is 0 Å². The maximum atomic E-state index is 12.4. The number of Topliss-reactive ketones (excluding diaryl/α,β-unsaturated/α-hetero) is 1. The summed E-state index contributed by atoms with van der Waals surface area (Å²) < 4.78 is 5.22. The van der Waals surface area contributed by atoms with Gasteiger partial charge in [-0.1, -0.05) is 44.6 Å². The van der Waals surface area contributed by atoms with E-state index in [0.29, 0.717) is 13.0 Å². The predicted molar refractivity (Wildman–Crippen MR) is 66.3 cm³/mol. The first-order chi connectivity index (χ1) is 7.32. The average Bonchev–Trinajstić information content (AvgIpc) is 2.46. The van der Waals surface area contributed by atoms with Crippen molar-refractivity contribution in [3.05, 3.63) is 23.8 Å². The number of ether oxygens (including phenoxy) is 1. The van der Waals surface area contributed by atoms with E-state index in [1.807, 2.05) is 25.2 Å². The van der Waals surface area contributed by atoms with E-state index in [0.717, 1.165) is 5.57 Å². The molecule has 0 N–H and O–H groups in total. The highest BCUT2D eigenvalue weighted by atomic mass is 16.5. The lowest BCUT2D eigenvalue weighted by atomic mass is 9.74. The fraction of sp³-hybridized carbons (Fsp3) is 0.643. The number of rotatable bonds is 4. The number of carbonyl (C=O) groups is 1. The van der Waals surface area contributed by atoms with Gasteiger partial charge in [0, 0.05) is 13.5 Å². The van der Waals surface area contributed by atoms with E-state index in [2.05, 4.69) is 20.8 Å². The zero-order valence-electron chi connectivity index (χ0n) is 11.0. The van der Waals surface area contributed by atoms with E-state index in [1.165, 1.54) is 0 Å². The van der Waals surface area contributed by atoms with Crippen LogP contribution in [0.3, 0.4) is 0 Å². The van der Waals surface area contributed by atoms with Gasteiger partial charge < -0.3 is 4.74 Å². The average molecular weight is 222 g/mol. The molecule has 0 spiro atoms. The summed E-state index contributed by atoms with van der Waals surface area (Å²) in [7, 11) is 1.64. The first-order valence-corrected chi connectivity index (χ1v) is 5.71. The van der Waals surface area contributed by atoms with Crippen LogP contribution in [0.25, 0.3) is 0 Å². The first kappa shape index (κ1) is 13.2. The highest BCUT2D eigenvalue weighted by Crippen LogP contribution is 2.38. The molecule has 0 radical (unpaired) electrons. The molecule has 0 amide bonds. The summed E-state index contributed by atoms with van der Waals surface area (Å²) in [4.78, 5) is 12.4. The minimum Gasteiger partial charge on any atom is -0.383 e.